The molecule has 0 radical (unpaired) electrons. The molecule has 3 heteroatoms. The maximum absolute atomic E-state index is 12.0. The SMILES string of the molecule is CC(F)(CO)CO. The lowest BCUT2D eigenvalue weighted by Gasteiger charge is -2.11. The Morgan fingerprint density at radius 3 is 1.71 bits per heavy atom. The lowest BCUT2D eigenvalue weighted by atomic mass is 10.2. The third kappa shape index (κ3) is 2.53. The standard InChI is InChI=1S/C4H9FO2/c1-4(5,2-6)3-7/h6-7H,2-3H2,1H3. The van der Waals surface area contributed by atoms with Crippen LogP contribution in [0.3, 0.4) is 0 Å². The Hall–Kier alpha value is -0.150. The third-order valence-electron chi connectivity index (χ3n) is 0.659. The highest BCUT2D eigenvalue weighted by Crippen LogP contribution is 2.04. The van der Waals surface area contributed by atoms with E-state index in [0.717, 1.165) is 6.92 Å². The first-order chi connectivity index (χ1) is 3.12. The fourth-order valence-corrected chi connectivity index (χ4v) is 0.0500. The Balaban J connectivity index is 3.36. The number of alkyl halides is 1. The molecule has 0 amide bonds. The molecular weight excluding hydrogens is 99.0 g/mol. The number of hydrogen-bond donors (Lipinski definition) is 2. The zero-order valence-corrected chi connectivity index (χ0v) is 4.19. The van der Waals surface area contributed by atoms with Crippen LogP contribution in [0.2, 0.25) is 0 Å². The lowest BCUT2D eigenvalue weighted by Crippen LogP contribution is -2.27. The summed E-state index contributed by atoms with van der Waals surface area (Å²) < 4.78 is 12.0. The highest BCUT2D eigenvalue weighted by molar-refractivity contribution is 4.68. The molecule has 0 fully saturated rings. The van der Waals surface area contributed by atoms with Gasteiger partial charge in [0, 0.05) is 0 Å². The van der Waals surface area contributed by atoms with E-state index in [1.807, 2.05) is 0 Å². The highest BCUT2D eigenvalue weighted by atomic mass is 19.1. The first-order valence-electron chi connectivity index (χ1n) is 2.03. The molecule has 7 heavy (non-hydrogen) atoms. The van der Waals surface area contributed by atoms with Crippen LogP contribution in [0.25, 0.3) is 0 Å². The van der Waals surface area contributed by atoms with Gasteiger partial charge >= 0.3 is 0 Å². The molecule has 0 bridgehead atoms. The van der Waals surface area contributed by atoms with Gasteiger partial charge in [-0.2, -0.15) is 0 Å². The molecule has 0 heterocycles. The highest BCUT2D eigenvalue weighted by Gasteiger charge is 2.19. The molecule has 2 nitrogen and oxygen atoms in total. The summed E-state index contributed by atoms with van der Waals surface area (Å²) in [5.74, 6) is 0. The summed E-state index contributed by atoms with van der Waals surface area (Å²) in [5, 5.41) is 16.1. The summed E-state index contributed by atoms with van der Waals surface area (Å²) in [6, 6.07) is 0. The van der Waals surface area contributed by atoms with E-state index in [-0.39, 0.29) is 0 Å². The van der Waals surface area contributed by atoms with Gasteiger partial charge in [0.15, 0.2) is 5.67 Å². The number of aliphatic hydroxyl groups excluding tert-OH is 2. The predicted octanol–water partition coefficient (Wildman–Crippen LogP) is -0.301. The van der Waals surface area contributed by atoms with Gasteiger partial charge in [-0.1, -0.05) is 0 Å². The molecule has 0 aliphatic rings. The Morgan fingerprint density at radius 1 is 1.43 bits per heavy atom. The van der Waals surface area contributed by atoms with Crippen LogP contribution >= 0.6 is 0 Å². The maximum atomic E-state index is 12.0. The van der Waals surface area contributed by atoms with Crippen LogP contribution in [-0.4, -0.2) is 29.1 Å². The maximum Gasteiger partial charge on any atom is 0.154 e. The molecule has 0 unspecified atom stereocenters. The van der Waals surface area contributed by atoms with Crippen molar-refractivity contribution in [1.29, 1.82) is 0 Å². The molecule has 0 atom stereocenters. The van der Waals surface area contributed by atoms with Gasteiger partial charge in [0.25, 0.3) is 0 Å². The minimum Gasteiger partial charge on any atom is -0.393 e. The number of halogens is 1. The molecule has 0 aromatic rings. The average molecular weight is 108 g/mol. The van der Waals surface area contributed by atoms with Gasteiger partial charge in [-0.05, 0) is 6.92 Å². The predicted molar refractivity (Wildman–Crippen MR) is 23.7 cm³/mol. The van der Waals surface area contributed by atoms with Crippen molar-refractivity contribution in [3.8, 4) is 0 Å². The molecular formula is C4H9FO2. The van der Waals surface area contributed by atoms with Gasteiger partial charge in [-0.3, -0.25) is 0 Å². The van der Waals surface area contributed by atoms with Gasteiger partial charge < -0.3 is 10.2 Å². The summed E-state index contributed by atoms with van der Waals surface area (Å²) in [4.78, 5) is 0. The van der Waals surface area contributed by atoms with E-state index >= 15 is 0 Å². The van der Waals surface area contributed by atoms with Crippen LogP contribution in [0.4, 0.5) is 4.39 Å². The smallest absolute Gasteiger partial charge is 0.154 e. The first kappa shape index (κ1) is 6.85. The van der Waals surface area contributed by atoms with E-state index in [1.54, 1.807) is 0 Å². The number of hydrogen-bond acceptors (Lipinski definition) is 2. The second-order valence-electron chi connectivity index (χ2n) is 1.73. The van der Waals surface area contributed by atoms with Crippen LogP contribution in [0, 0.1) is 0 Å². The summed E-state index contributed by atoms with van der Waals surface area (Å²) in [6.45, 7) is -0.111. The van der Waals surface area contributed by atoms with Crippen molar-refractivity contribution in [3.05, 3.63) is 0 Å². The van der Waals surface area contributed by atoms with Crippen molar-refractivity contribution in [2.24, 2.45) is 0 Å². The molecule has 0 saturated carbocycles. The minimum atomic E-state index is -1.81. The minimum absolute atomic E-state index is 0.622. The molecule has 2 N–H and O–H groups in total. The van der Waals surface area contributed by atoms with E-state index in [1.165, 1.54) is 0 Å². The normalized spacial score (nSPS) is 12.0. The molecule has 0 spiro atoms. The second kappa shape index (κ2) is 2.23. The van der Waals surface area contributed by atoms with Crippen molar-refractivity contribution in [1.82, 2.24) is 0 Å². The van der Waals surface area contributed by atoms with E-state index in [9.17, 15) is 4.39 Å². The Bertz CT molecular complexity index is 47.7. The summed E-state index contributed by atoms with van der Waals surface area (Å²) >= 11 is 0. The van der Waals surface area contributed by atoms with Crippen molar-refractivity contribution in [3.63, 3.8) is 0 Å². The van der Waals surface area contributed by atoms with Gasteiger partial charge in [-0.25, -0.2) is 4.39 Å². The van der Waals surface area contributed by atoms with E-state index in [4.69, 9.17) is 10.2 Å². The largest absolute Gasteiger partial charge is 0.393 e. The van der Waals surface area contributed by atoms with Crippen LogP contribution in [0.15, 0.2) is 0 Å². The summed E-state index contributed by atoms with van der Waals surface area (Å²) in [7, 11) is 0. The Labute approximate surface area is 41.6 Å². The molecule has 0 aliphatic heterocycles. The summed E-state index contributed by atoms with van der Waals surface area (Å²) in [5.41, 5.74) is -1.81. The van der Waals surface area contributed by atoms with Crippen LogP contribution < -0.4 is 0 Å². The van der Waals surface area contributed by atoms with Crippen molar-refractivity contribution in [2.45, 2.75) is 12.6 Å². The fourth-order valence-electron chi connectivity index (χ4n) is 0.0500. The zero-order valence-electron chi connectivity index (χ0n) is 4.19. The number of aliphatic hydroxyl groups is 2. The Kier molecular flexibility index (Phi) is 2.19. The Morgan fingerprint density at radius 2 is 1.71 bits per heavy atom. The fraction of sp³-hybridized carbons (Fsp3) is 1.00. The quantitative estimate of drug-likeness (QED) is 0.509. The molecule has 0 saturated heterocycles. The lowest BCUT2D eigenvalue weighted by molar-refractivity contribution is 0.0312. The van der Waals surface area contributed by atoms with Gasteiger partial charge in [0.2, 0.25) is 0 Å². The molecule has 0 aromatic heterocycles. The molecule has 44 valence electrons. The monoisotopic (exact) mass is 108 g/mol. The molecule has 0 aromatic carbocycles. The van der Waals surface area contributed by atoms with Crippen molar-refractivity contribution < 1.29 is 14.6 Å². The topological polar surface area (TPSA) is 40.5 Å². The van der Waals surface area contributed by atoms with Gasteiger partial charge in [0.1, 0.15) is 0 Å². The summed E-state index contributed by atoms with van der Waals surface area (Å²) in [6.07, 6.45) is 0. The van der Waals surface area contributed by atoms with E-state index in [2.05, 4.69) is 0 Å². The van der Waals surface area contributed by atoms with Gasteiger partial charge in [-0.15, -0.1) is 0 Å². The molecule has 0 aliphatic carbocycles. The molecule has 0 rings (SSSR count). The van der Waals surface area contributed by atoms with Crippen LogP contribution in [0.1, 0.15) is 6.92 Å². The van der Waals surface area contributed by atoms with E-state index < -0.39 is 18.9 Å². The first-order valence-corrected chi connectivity index (χ1v) is 2.03. The second-order valence-corrected chi connectivity index (χ2v) is 1.73. The van der Waals surface area contributed by atoms with Crippen LogP contribution in [0.5, 0.6) is 0 Å². The third-order valence-corrected chi connectivity index (χ3v) is 0.659. The number of rotatable bonds is 2. The zero-order chi connectivity index (χ0) is 5.91. The average Bonchev–Trinajstić information content (AvgIpc) is 1.68. The van der Waals surface area contributed by atoms with Gasteiger partial charge in [0.05, 0.1) is 13.2 Å². The van der Waals surface area contributed by atoms with Crippen LogP contribution in [-0.2, 0) is 0 Å². The van der Waals surface area contributed by atoms with Crippen molar-refractivity contribution in [2.75, 3.05) is 13.2 Å². The van der Waals surface area contributed by atoms with E-state index in [0.29, 0.717) is 0 Å². The van der Waals surface area contributed by atoms with Crippen molar-refractivity contribution >= 4 is 0 Å².